The van der Waals surface area contributed by atoms with Gasteiger partial charge in [0.2, 0.25) is 5.91 Å². The van der Waals surface area contributed by atoms with E-state index >= 15 is 0 Å². The molecule has 1 amide bonds. The smallest absolute Gasteiger partial charge is 0.247 e. The number of rotatable bonds is 6. The maximum Gasteiger partial charge on any atom is 0.247 e. The molecule has 0 saturated heterocycles. The normalized spacial score (nSPS) is 15.4. The maximum atomic E-state index is 13.4. The van der Waals surface area contributed by atoms with Crippen LogP contribution in [0.5, 0.6) is 11.5 Å². The standard InChI is InChI=1S/C27H25N3O3S/c1-32-23-15-20-12-13-29(27(25-9-6-14-34-25)22(20)16-24(23)33-2)26(31)11-10-19-17-28-30(18-19)21-7-4-3-5-8-21/h3-11,14-18,27H,12-13H2,1-2H3/b11-10+. The average Bonchev–Trinajstić information content (AvgIpc) is 3.59. The van der Waals surface area contributed by atoms with E-state index in [2.05, 4.69) is 11.2 Å². The number of nitrogens with zero attached hydrogens (tertiary/aromatic N) is 3. The summed E-state index contributed by atoms with van der Waals surface area (Å²) in [5.41, 5.74) is 4.09. The van der Waals surface area contributed by atoms with Gasteiger partial charge in [-0.3, -0.25) is 4.79 Å². The molecule has 2 aromatic carbocycles. The maximum absolute atomic E-state index is 13.4. The van der Waals surface area contributed by atoms with Crippen molar-refractivity contribution < 1.29 is 14.3 Å². The summed E-state index contributed by atoms with van der Waals surface area (Å²) in [6.45, 7) is 0.623. The number of hydrogen-bond acceptors (Lipinski definition) is 5. The first-order valence-electron chi connectivity index (χ1n) is 11.0. The fourth-order valence-corrected chi connectivity index (χ4v) is 5.20. The summed E-state index contributed by atoms with van der Waals surface area (Å²) in [6.07, 6.45) is 7.89. The fraction of sp³-hybridized carbons (Fsp3) is 0.185. The Bertz CT molecular complexity index is 1310. The van der Waals surface area contributed by atoms with E-state index in [1.165, 1.54) is 5.56 Å². The number of thiophene rings is 1. The third kappa shape index (κ3) is 4.22. The highest BCUT2D eigenvalue weighted by atomic mass is 32.1. The largest absolute Gasteiger partial charge is 0.493 e. The summed E-state index contributed by atoms with van der Waals surface area (Å²) in [5.74, 6) is 1.34. The highest BCUT2D eigenvalue weighted by molar-refractivity contribution is 7.10. The number of benzene rings is 2. The molecule has 2 aromatic heterocycles. The number of para-hydroxylation sites is 1. The lowest BCUT2D eigenvalue weighted by Gasteiger charge is -2.37. The molecule has 0 radical (unpaired) electrons. The van der Waals surface area contributed by atoms with Gasteiger partial charge in [-0.25, -0.2) is 4.68 Å². The Hall–Kier alpha value is -3.84. The number of ether oxygens (including phenoxy) is 2. The van der Waals surface area contributed by atoms with Crippen molar-refractivity contribution in [2.24, 2.45) is 0 Å². The molecule has 0 spiro atoms. The lowest BCUT2D eigenvalue weighted by Crippen LogP contribution is -2.39. The molecule has 0 bridgehead atoms. The van der Waals surface area contributed by atoms with Crippen molar-refractivity contribution >= 4 is 23.3 Å². The quantitative estimate of drug-likeness (QED) is 0.366. The minimum absolute atomic E-state index is 0.0358. The molecule has 1 atom stereocenters. The van der Waals surface area contributed by atoms with Gasteiger partial charge < -0.3 is 14.4 Å². The van der Waals surface area contributed by atoms with Crippen molar-refractivity contribution in [2.75, 3.05) is 20.8 Å². The first kappa shape index (κ1) is 22.0. The van der Waals surface area contributed by atoms with E-state index < -0.39 is 0 Å². The summed E-state index contributed by atoms with van der Waals surface area (Å²) >= 11 is 1.65. The Morgan fingerprint density at radius 2 is 1.88 bits per heavy atom. The lowest BCUT2D eigenvalue weighted by molar-refractivity contribution is -0.127. The molecule has 4 aromatic rings. The van der Waals surface area contributed by atoms with Gasteiger partial charge in [0.15, 0.2) is 11.5 Å². The van der Waals surface area contributed by atoms with Crippen LogP contribution < -0.4 is 9.47 Å². The fourth-order valence-electron chi connectivity index (χ4n) is 4.34. The molecule has 0 N–H and O–H groups in total. The van der Waals surface area contributed by atoms with E-state index in [9.17, 15) is 4.79 Å². The van der Waals surface area contributed by atoms with Crippen molar-refractivity contribution in [1.29, 1.82) is 0 Å². The lowest BCUT2D eigenvalue weighted by atomic mass is 9.90. The molecular weight excluding hydrogens is 446 g/mol. The predicted molar refractivity (Wildman–Crippen MR) is 134 cm³/mol. The van der Waals surface area contributed by atoms with Crippen LogP contribution in [0.1, 0.15) is 27.6 Å². The number of hydrogen-bond donors (Lipinski definition) is 0. The van der Waals surface area contributed by atoms with Crippen molar-refractivity contribution in [1.82, 2.24) is 14.7 Å². The van der Waals surface area contributed by atoms with Gasteiger partial charge in [0.25, 0.3) is 0 Å². The SMILES string of the molecule is COc1cc2c(cc1OC)C(c1cccs1)N(C(=O)/C=C/c1cnn(-c3ccccc3)c1)CC2. The zero-order valence-electron chi connectivity index (χ0n) is 19.0. The summed E-state index contributed by atoms with van der Waals surface area (Å²) in [4.78, 5) is 16.4. The number of carbonyl (C=O) groups is 1. The Balaban J connectivity index is 1.44. The average molecular weight is 472 g/mol. The Morgan fingerprint density at radius 1 is 1.09 bits per heavy atom. The monoisotopic (exact) mass is 471 g/mol. The summed E-state index contributed by atoms with van der Waals surface area (Å²) < 4.78 is 12.9. The third-order valence-electron chi connectivity index (χ3n) is 6.01. The first-order valence-corrected chi connectivity index (χ1v) is 11.9. The van der Waals surface area contributed by atoms with Crippen LogP contribution in [0.4, 0.5) is 0 Å². The predicted octanol–water partition coefficient (Wildman–Crippen LogP) is 5.14. The highest BCUT2D eigenvalue weighted by Gasteiger charge is 2.33. The van der Waals surface area contributed by atoms with Crippen LogP contribution in [0.15, 0.2) is 78.4 Å². The van der Waals surface area contributed by atoms with Gasteiger partial charge in [-0.1, -0.05) is 24.3 Å². The molecule has 1 unspecified atom stereocenters. The summed E-state index contributed by atoms with van der Waals surface area (Å²) in [6, 6.07) is 17.9. The Morgan fingerprint density at radius 3 is 2.62 bits per heavy atom. The van der Waals surface area contributed by atoms with E-state index in [0.717, 1.165) is 28.1 Å². The number of carbonyl (C=O) groups excluding carboxylic acids is 1. The zero-order valence-corrected chi connectivity index (χ0v) is 19.9. The number of amides is 1. The van der Waals surface area contributed by atoms with Crippen molar-refractivity contribution in [3.8, 4) is 17.2 Å². The van der Waals surface area contributed by atoms with Gasteiger partial charge in [-0.15, -0.1) is 11.3 Å². The third-order valence-corrected chi connectivity index (χ3v) is 6.94. The topological polar surface area (TPSA) is 56.6 Å². The Kier molecular flexibility index (Phi) is 6.18. The second kappa shape index (κ2) is 9.57. The van der Waals surface area contributed by atoms with Crippen molar-refractivity contribution in [3.63, 3.8) is 0 Å². The number of fused-ring (bicyclic) bond motifs is 1. The van der Waals surface area contributed by atoms with Crippen LogP contribution in [0, 0.1) is 0 Å². The van der Waals surface area contributed by atoms with E-state index in [4.69, 9.17) is 9.47 Å². The van der Waals surface area contributed by atoms with Gasteiger partial charge >= 0.3 is 0 Å². The molecule has 172 valence electrons. The molecule has 1 aliphatic rings. The number of methoxy groups -OCH3 is 2. The van der Waals surface area contributed by atoms with Gasteiger partial charge in [-0.05, 0) is 59.3 Å². The Labute approximate surface area is 202 Å². The van der Waals surface area contributed by atoms with Crippen LogP contribution in [-0.2, 0) is 11.2 Å². The molecule has 7 heteroatoms. The first-order chi connectivity index (χ1) is 16.7. The molecular formula is C27H25N3O3S. The van der Waals surface area contributed by atoms with Gasteiger partial charge in [-0.2, -0.15) is 5.10 Å². The zero-order chi connectivity index (χ0) is 23.5. The van der Waals surface area contributed by atoms with E-state index in [1.807, 2.05) is 71.1 Å². The minimum atomic E-state index is -0.173. The second-order valence-corrected chi connectivity index (χ2v) is 8.97. The molecule has 1 aliphatic heterocycles. The summed E-state index contributed by atoms with van der Waals surface area (Å²) in [5, 5.41) is 6.46. The molecule has 0 fully saturated rings. The van der Waals surface area contributed by atoms with Gasteiger partial charge in [0.05, 0.1) is 32.1 Å². The molecule has 0 aliphatic carbocycles. The van der Waals surface area contributed by atoms with Gasteiger partial charge in [0, 0.05) is 29.3 Å². The van der Waals surface area contributed by atoms with Crippen LogP contribution in [0.2, 0.25) is 0 Å². The van der Waals surface area contributed by atoms with Gasteiger partial charge in [0.1, 0.15) is 0 Å². The summed E-state index contributed by atoms with van der Waals surface area (Å²) in [7, 11) is 3.28. The second-order valence-electron chi connectivity index (χ2n) is 7.99. The molecule has 0 saturated carbocycles. The molecule has 34 heavy (non-hydrogen) atoms. The highest BCUT2D eigenvalue weighted by Crippen LogP contribution is 2.42. The van der Waals surface area contributed by atoms with Crippen molar-refractivity contribution in [3.05, 3.63) is 100 Å². The van der Waals surface area contributed by atoms with Crippen LogP contribution in [0.3, 0.4) is 0 Å². The molecule has 6 nitrogen and oxygen atoms in total. The van der Waals surface area contributed by atoms with E-state index in [0.29, 0.717) is 18.0 Å². The van der Waals surface area contributed by atoms with E-state index in [1.54, 1.807) is 42.5 Å². The van der Waals surface area contributed by atoms with E-state index in [-0.39, 0.29) is 11.9 Å². The van der Waals surface area contributed by atoms with Crippen LogP contribution in [-0.4, -0.2) is 41.4 Å². The molecule has 5 rings (SSSR count). The molecule has 3 heterocycles. The van der Waals surface area contributed by atoms with Crippen molar-refractivity contribution in [2.45, 2.75) is 12.5 Å². The van der Waals surface area contributed by atoms with Crippen LogP contribution >= 0.6 is 11.3 Å². The van der Waals surface area contributed by atoms with Crippen LogP contribution in [0.25, 0.3) is 11.8 Å². The number of aromatic nitrogens is 2. The minimum Gasteiger partial charge on any atom is -0.493 e.